The van der Waals surface area contributed by atoms with Gasteiger partial charge in [-0.2, -0.15) is 0 Å². The topological polar surface area (TPSA) is 114 Å². The molecule has 2 amide bonds. The number of amides is 2. The summed E-state index contributed by atoms with van der Waals surface area (Å²) in [6.45, 7) is -0.219. The van der Waals surface area contributed by atoms with Gasteiger partial charge in [0.05, 0.1) is 27.9 Å². The van der Waals surface area contributed by atoms with Crippen LogP contribution in [-0.4, -0.2) is 45.7 Å². The number of ether oxygens (including phenoxy) is 1. The predicted molar refractivity (Wildman–Crippen MR) is 134 cm³/mol. The third-order valence-corrected chi connectivity index (χ3v) is 7.84. The first-order valence-corrected chi connectivity index (χ1v) is 12.4. The molecule has 8 nitrogen and oxygen atoms in total. The zero-order chi connectivity index (χ0) is 25.3. The molecule has 0 radical (unpaired) electrons. The van der Waals surface area contributed by atoms with Gasteiger partial charge in [0.15, 0.2) is 6.61 Å². The molecule has 3 fully saturated rings. The second-order valence-corrected chi connectivity index (χ2v) is 10.2. The molecule has 1 heterocycles. The Morgan fingerprint density at radius 2 is 1.81 bits per heavy atom. The van der Waals surface area contributed by atoms with E-state index >= 15 is 0 Å². The zero-order valence-electron chi connectivity index (χ0n) is 19.3. The molecule has 1 atom stereocenters. The number of fused-ring (bicyclic) bond motifs is 3. The van der Waals surface area contributed by atoms with Crippen molar-refractivity contribution in [1.82, 2.24) is 15.6 Å². The molecule has 2 aromatic carbocycles. The lowest BCUT2D eigenvalue weighted by molar-refractivity contribution is -0.132. The molecule has 2 bridgehead atoms. The summed E-state index contributed by atoms with van der Waals surface area (Å²) < 4.78 is 11.2. The highest BCUT2D eigenvalue weighted by Crippen LogP contribution is 2.47. The molecule has 0 spiro atoms. The minimum absolute atomic E-state index is 0.118. The third-order valence-electron chi connectivity index (χ3n) is 7.10. The number of carbonyl (C=O) groups is 2. The van der Waals surface area contributed by atoms with Crippen molar-refractivity contribution in [2.45, 2.75) is 49.3 Å². The lowest BCUT2D eigenvalue weighted by Gasteiger charge is -2.56. The molecule has 3 saturated carbocycles. The van der Waals surface area contributed by atoms with E-state index in [1.807, 2.05) is 30.3 Å². The minimum atomic E-state index is -0.816. The average Bonchev–Trinajstić information content (AvgIpc) is 3.37. The van der Waals surface area contributed by atoms with E-state index in [4.69, 9.17) is 32.4 Å². The number of hydrogen-bond acceptors (Lipinski definition) is 6. The van der Waals surface area contributed by atoms with Gasteiger partial charge < -0.3 is 24.9 Å². The molecule has 36 heavy (non-hydrogen) atoms. The number of hydrogen-bond donors (Lipinski definition) is 3. The summed E-state index contributed by atoms with van der Waals surface area (Å²) in [5.41, 5.74) is -0.541. The molecular weight excluding hydrogens is 505 g/mol. The first-order valence-electron chi connectivity index (χ1n) is 11.7. The number of rotatable bonds is 7. The van der Waals surface area contributed by atoms with Gasteiger partial charge in [-0.15, -0.1) is 0 Å². The van der Waals surface area contributed by atoms with Crippen LogP contribution in [0.25, 0.3) is 11.5 Å². The van der Waals surface area contributed by atoms with Gasteiger partial charge in [-0.3, -0.25) is 9.59 Å². The average molecular weight is 530 g/mol. The van der Waals surface area contributed by atoms with Crippen molar-refractivity contribution in [2.24, 2.45) is 0 Å². The zero-order valence-corrected chi connectivity index (χ0v) is 20.8. The van der Waals surface area contributed by atoms with Gasteiger partial charge in [-0.1, -0.05) is 41.4 Å². The maximum absolute atomic E-state index is 12.9. The number of aliphatic hydroxyl groups is 1. The van der Waals surface area contributed by atoms with Crippen LogP contribution in [0.4, 0.5) is 0 Å². The molecule has 0 unspecified atom stereocenters. The van der Waals surface area contributed by atoms with Gasteiger partial charge in [0.2, 0.25) is 11.7 Å². The quantitative estimate of drug-likeness (QED) is 0.418. The number of halogens is 2. The van der Waals surface area contributed by atoms with Crippen molar-refractivity contribution in [3.8, 4) is 17.2 Å². The summed E-state index contributed by atoms with van der Waals surface area (Å²) in [7, 11) is 0. The molecule has 1 aromatic heterocycles. The van der Waals surface area contributed by atoms with Crippen LogP contribution in [0.3, 0.4) is 0 Å². The van der Waals surface area contributed by atoms with Crippen LogP contribution in [0.15, 0.2) is 59.1 Å². The van der Waals surface area contributed by atoms with Crippen molar-refractivity contribution in [3.63, 3.8) is 0 Å². The first-order chi connectivity index (χ1) is 17.3. The van der Waals surface area contributed by atoms with Crippen LogP contribution in [0.1, 0.15) is 42.7 Å². The first kappa shape index (κ1) is 24.6. The number of carbonyl (C=O) groups excluding carboxylic acids is 2. The molecule has 3 aliphatic carbocycles. The summed E-state index contributed by atoms with van der Waals surface area (Å²) in [6.07, 6.45) is 3.20. The predicted octanol–water partition coefficient (Wildman–Crippen LogP) is 4.39. The van der Waals surface area contributed by atoms with E-state index in [2.05, 4.69) is 15.6 Å². The second-order valence-electron chi connectivity index (χ2n) is 9.42. The fourth-order valence-corrected chi connectivity index (χ4v) is 5.37. The highest BCUT2D eigenvalue weighted by Gasteiger charge is 2.55. The Labute approximate surface area is 217 Å². The maximum atomic E-state index is 12.9. The van der Waals surface area contributed by atoms with Gasteiger partial charge in [0, 0.05) is 17.2 Å². The highest BCUT2D eigenvalue weighted by atomic mass is 35.5. The van der Waals surface area contributed by atoms with Crippen LogP contribution >= 0.6 is 23.2 Å². The number of nitrogens with zero attached hydrogens (tertiary/aromatic N) is 1. The molecule has 10 heteroatoms. The minimum Gasteiger partial charge on any atom is -0.484 e. The monoisotopic (exact) mass is 529 g/mol. The van der Waals surface area contributed by atoms with E-state index in [0.717, 1.165) is 5.56 Å². The third kappa shape index (κ3) is 4.93. The maximum Gasteiger partial charge on any atom is 0.289 e. The molecular formula is C26H25Cl2N3O5. The Kier molecular flexibility index (Phi) is 6.68. The number of aliphatic hydroxyl groups excluding tert-OH is 1. The fourth-order valence-electron chi connectivity index (χ4n) is 5.09. The van der Waals surface area contributed by atoms with Gasteiger partial charge >= 0.3 is 0 Å². The molecule has 6 rings (SSSR count). The van der Waals surface area contributed by atoms with E-state index in [1.54, 1.807) is 18.2 Å². The van der Waals surface area contributed by atoms with Crippen molar-refractivity contribution >= 4 is 35.0 Å². The number of aromatic nitrogens is 1. The summed E-state index contributed by atoms with van der Waals surface area (Å²) in [5.74, 6) is 0.205. The molecule has 0 aliphatic heterocycles. The van der Waals surface area contributed by atoms with Gasteiger partial charge in [0.25, 0.3) is 11.8 Å². The summed E-state index contributed by atoms with van der Waals surface area (Å²) in [4.78, 5) is 29.8. The summed E-state index contributed by atoms with van der Waals surface area (Å²) in [5, 5.41) is 17.8. The van der Waals surface area contributed by atoms with E-state index in [0.29, 0.717) is 53.8 Å². The largest absolute Gasteiger partial charge is 0.484 e. The Bertz CT molecular complexity index is 1270. The SMILES string of the molecule is O=C(COc1ccc(Cl)c(Cl)c1)NC12CCC(NC(=O)c3cnc(-c4ccccc4)o3)(CC1)C[C@@H]2O. The van der Waals surface area contributed by atoms with Crippen LogP contribution in [-0.2, 0) is 4.79 Å². The Hall–Kier alpha value is -3.07. The van der Waals surface area contributed by atoms with E-state index < -0.39 is 17.2 Å². The smallest absolute Gasteiger partial charge is 0.289 e. The number of benzene rings is 2. The molecule has 188 valence electrons. The van der Waals surface area contributed by atoms with E-state index in [9.17, 15) is 14.7 Å². The van der Waals surface area contributed by atoms with Gasteiger partial charge in [0.1, 0.15) is 5.75 Å². The summed E-state index contributed by atoms with van der Waals surface area (Å²) in [6, 6.07) is 14.1. The molecule has 3 aliphatic rings. The van der Waals surface area contributed by atoms with E-state index in [-0.39, 0.29) is 24.2 Å². The normalized spacial score (nSPS) is 24.8. The Morgan fingerprint density at radius 1 is 1.06 bits per heavy atom. The lowest BCUT2D eigenvalue weighted by atomic mass is 9.60. The lowest BCUT2D eigenvalue weighted by Crippen LogP contribution is -2.70. The standard InChI is InChI=1S/C26H25Cl2N3O5/c27-18-7-6-17(12-19(18)28)35-15-22(33)30-26-10-8-25(9-11-26,13-21(26)32)31-23(34)20-14-29-24(36-20)16-4-2-1-3-5-16/h1-7,12,14,21,32H,8-11,13,15H2,(H,30,33)(H,31,34)/t21-,25?,26?/m0/s1. The Morgan fingerprint density at radius 3 is 2.50 bits per heavy atom. The summed E-state index contributed by atoms with van der Waals surface area (Å²) >= 11 is 11.9. The van der Waals surface area contributed by atoms with Crippen LogP contribution in [0.2, 0.25) is 10.0 Å². The Balaban J connectivity index is 1.18. The number of oxazole rings is 1. The van der Waals surface area contributed by atoms with Gasteiger partial charge in [-0.05, 0) is 56.4 Å². The van der Waals surface area contributed by atoms with E-state index in [1.165, 1.54) is 6.20 Å². The van der Waals surface area contributed by atoms with Crippen molar-refractivity contribution in [1.29, 1.82) is 0 Å². The second kappa shape index (κ2) is 9.76. The highest BCUT2D eigenvalue weighted by molar-refractivity contribution is 6.42. The number of nitrogens with one attached hydrogen (secondary N) is 2. The van der Waals surface area contributed by atoms with Crippen LogP contribution < -0.4 is 15.4 Å². The van der Waals surface area contributed by atoms with Crippen LogP contribution in [0, 0.1) is 0 Å². The fraction of sp³-hybridized carbons (Fsp3) is 0.346. The van der Waals surface area contributed by atoms with Crippen molar-refractivity contribution in [3.05, 3.63) is 70.5 Å². The van der Waals surface area contributed by atoms with Crippen LogP contribution in [0.5, 0.6) is 5.75 Å². The van der Waals surface area contributed by atoms with Crippen molar-refractivity contribution in [2.75, 3.05) is 6.61 Å². The molecule has 3 aromatic rings. The van der Waals surface area contributed by atoms with Gasteiger partial charge in [-0.25, -0.2) is 4.98 Å². The molecule has 0 saturated heterocycles. The molecule has 3 N–H and O–H groups in total. The van der Waals surface area contributed by atoms with Crippen molar-refractivity contribution < 1.29 is 23.8 Å².